The van der Waals surface area contributed by atoms with Gasteiger partial charge in [-0.15, -0.1) is 0 Å². The molecule has 0 saturated heterocycles. The first-order valence-corrected chi connectivity index (χ1v) is 7.56. The average Bonchev–Trinajstić information content (AvgIpc) is 2.81. The number of H-pyrrole nitrogens is 1. The Kier molecular flexibility index (Phi) is 3.92. The number of rotatable bonds is 3. The molecule has 0 spiro atoms. The van der Waals surface area contributed by atoms with Crippen LogP contribution in [0.5, 0.6) is 0 Å². The van der Waals surface area contributed by atoms with Gasteiger partial charge >= 0.3 is 0 Å². The van der Waals surface area contributed by atoms with Crippen molar-refractivity contribution < 1.29 is 13.6 Å². The van der Waals surface area contributed by atoms with Crippen molar-refractivity contribution in [3.05, 3.63) is 39.1 Å². The first-order chi connectivity index (χ1) is 10.1. The highest BCUT2D eigenvalue weighted by Gasteiger charge is 2.31. The van der Waals surface area contributed by atoms with Gasteiger partial charge in [-0.1, -0.05) is 0 Å². The third-order valence-corrected chi connectivity index (χ3v) is 4.69. The predicted molar refractivity (Wildman–Crippen MR) is 82.4 cm³/mol. The largest absolute Gasteiger partial charge is 0.356 e. The zero-order valence-electron chi connectivity index (χ0n) is 10.9. The van der Waals surface area contributed by atoms with Crippen molar-refractivity contribution in [3.63, 3.8) is 0 Å². The maximum Gasteiger partial charge on any atom is 0.254 e. The van der Waals surface area contributed by atoms with Crippen LogP contribution in [0.1, 0.15) is 28.4 Å². The van der Waals surface area contributed by atoms with Gasteiger partial charge in [-0.05, 0) is 35.1 Å². The van der Waals surface area contributed by atoms with Crippen LogP contribution in [0.4, 0.5) is 8.78 Å². The summed E-state index contributed by atoms with van der Waals surface area (Å²) < 4.78 is 27.2. The van der Waals surface area contributed by atoms with E-state index in [-0.39, 0.29) is 11.8 Å². The summed E-state index contributed by atoms with van der Waals surface area (Å²) in [6, 6.07) is 1.55. The number of hydrogen-bond acceptors (Lipinski definition) is 2. The SMILES string of the molecule is O=C1NCC(CCF)c2[nH]c(-c3ccncc3F)c(I)c21. The first-order valence-electron chi connectivity index (χ1n) is 6.49. The van der Waals surface area contributed by atoms with Crippen LogP contribution in [-0.4, -0.2) is 29.1 Å². The van der Waals surface area contributed by atoms with Gasteiger partial charge in [0, 0.05) is 29.9 Å². The van der Waals surface area contributed by atoms with Crippen LogP contribution in [0, 0.1) is 9.39 Å². The van der Waals surface area contributed by atoms with Crippen molar-refractivity contribution in [1.29, 1.82) is 0 Å². The zero-order valence-corrected chi connectivity index (χ0v) is 13.1. The Bertz CT molecular complexity index is 702. The molecule has 4 nitrogen and oxygen atoms in total. The normalized spacial score (nSPS) is 17.5. The summed E-state index contributed by atoms with van der Waals surface area (Å²) in [5.41, 5.74) is 2.08. The van der Waals surface area contributed by atoms with E-state index in [1.54, 1.807) is 6.07 Å². The number of fused-ring (bicyclic) bond motifs is 1. The maximum atomic E-state index is 13.9. The molecule has 3 heterocycles. The fourth-order valence-electron chi connectivity index (χ4n) is 2.57. The van der Waals surface area contributed by atoms with Crippen LogP contribution < -0.4 is 5.32 Å². The number of aromatic nitrogens is 2. The molecule has 0 bridgehead atoms. The van der Waals surface area contributed by atoms with Gasteiger partial charge in [0.1, 0.15) is 0 Å². The van der Waals surface area contributed by atoms with Crippen molar-refractivity contribution >= 4 is 28.5 Å². The molecule has 110 valence electrons. The molecule has 7 heteroatoms. The van der Waals surface area contributed by atoms with Gasteiger partial charge in [0.05, 0.1) is 27.7 Å². The predicted octanol–water partition coefficient (Wildman–Crippen LogP) is 3.01. The van der Waals surface area contributed by atoms with E-state index < -0.39 is 12.5 Å². The molecular weight excluding hydrogens is 391 g/mol. The number of halogens is 3. The fourth-order valence-corrected chi connectivity index (χ4v) is 3.53. The monoisotopic (exact) mass is 403 g/mol. The number of amides is 1. The summed E-state index contributed by atoms with van der Waals surface area (Å²) in [7, 11) is 0. The number of aromatic amines is 1. The molecule has 21 heavy (non-hydrogen) atoms. The standard InChI is InChI=1S/C14H12F2IN3O/c15-3-1-7-5-19-14(21)10-11(17)13(20-12(7)10)8-2-4-18-6-9(8)16/h2,4,6-7,20H,1,3,5H2,(H,19,21). The number of hydrogen-bond donors (Lipinski definition) is 2. The second kappa shape index (κ2) is 5.70. The third kappa shape index (κ3) is 2.43. The lowest BCUT2D eigenvalue weighted by atomic mass is 9.95. The Morgan fingerprint density at radius 2 is 2.29 bits per heavy atom. The van der Waals surface area contributed by atoms with E-state index in [4.69, 9.17) is 0 Å². The highest BCUT2D eigenvalue weighted by atomic mass is 127. The Labute approximate surface area is 133 Å². The van der Waals surface area contributed by atoms with Crippen molar-refractivity contribution in [2.24, 2.45) is 0 Å². The van der Waals surface area contributed by atoms with Crippen LogP contribution in [0.15, 0.2) is 18.5 Å². The Hall–Kier alpha value is -1.51. The van der Waals surface area contributed by atoms with E-state index in [1.165, 1.54) is 6.20 Å². The Morgan fingerprint density at radius 3 is 3.00 bits per heavy atom. The number of nitrogens with one attached hydrogen (secondary N) is 2. The average molecular weight is 403 g/mol. The molecule has 1 unspecified atom stereocenters. The van der Waals surface area contributed by atoms with Crippen molar-refractivity contribution in [1.82, 2.24) is 15.3 Å². The summed E-state index contributed by atoms with van der Waals surface area (Å²) in [5, 5.41) is 2.76. The summed E-state index contributed by atoms with van der Waals surface area (Å²) in [4.78, 5) is 18.9. The molecule has 2 N–H and O–H groups in total. The smallest absolute Gasteiger partial charge is 0.254 e. The summed E-state index contributed by atoms with van der Waals surface area (Å²) >= 11 is 2.02. The lowest BCUT2D eigenvalue weighted by molar-refractivity contribution is 0.0937. The van der Waals surface area contributed by atoms with E-state index in [0.717, 1.165) is 6.20 Å². The molecule has 1 aliphatic heterocycles. The highest BCUT2D eigenvalue weighted by Crippen LogP contribution is 2.36. The fraction of sp³-hybridized carbons (Fsp3) is 0.286. The van der Waals surface area contributed by atoms with Gasteiger partial charge in [0.25, 0.3) is 5.91 Å². The second-order valence-electron chi connectivity index (χ2n) is 4.84. The minimum absolute atomic E-state index is 0.116. The molecule has 0 radical (unpaired) electrons. The molecule has 1 atom stereocenters. The van der Waals surface area contributed by atoms with Crippen molar-refractivity contribution in [2.75, 3.05) is 13.2 Å². The Balaban J connectivity index is 2.15. The molecule has 3 rings (SSSR count). The minimum atomic E-state index is -0.464. The van der Waals surface area contributed by atoms with Crippen LogP contribution in [0.25, 0.3) is 11.3 Å². The summed E-state index contributed by atoms with van der Waals surface area (Å²) in [6.07, 6.45) is 2.94. The number of carbonyl (C=O) groups excluding carboxylic acids is 1. The van der Waals surface area contributed by atoms with Crippen LogP contribution in [0.2, 0.25) is 0 Å². The van der Waals surface area contributed by atoms with E-state index >= 15 is 0 Å². The number of carbonyl (C=O) groups is 1. The second-order valence-corrected chi connectivity index (χ2v) is 5.92. The maximum absolute atomic E-state index is 13.9. The van der Waals surface area contributed by atoms with Gasteiger partial charge in [0.15, 0.2) is 5.82 Å². The lowest BCUT2D eigenvalue weighted by Crippen LogP contribution is -2.35. The van der Waals surface area contributed by atoms with Gasteiger partial charge in [-0.25, -0.2) is 4.39 Å². The summed E-state index contributed by atoms with van der Waals surface area (Å²) in [5.74, 6) is -0.784. The molecule has 0 aliphatic carbocycles. The van der Waals surface area contributed by atoms with Gasteiger partial charge in [-0.2, -0.15) is 0 Å². The van der Waals surface area contributed by atoms with Crippen LogP contribution in [0.3, 0.4) is 0 Å². The molecule has 0 saturated carbocycles. The van der Waals surface area contributed by atoms with Gasteiger partial charge < -0.3 is 10.3 Å². The molecule has 1 amide bonds. The quantitative estimate of drug-likeness (QED) is 0.775. The molecule has 2 aromatic rings. The van der Waals surface area contributed by atoms with E-state index in [9.17, 15) is 13.6 Å². The molecule has 1 aliphatic rings. The summed E-state index contributed by atoms with van der Waals surface area (Å²) in [6.45, 7) is -0.0703. The number of pyridine rings is 1. The Morgan fingerprint density at radius 1 is 1.48 bits per heavy atom. The highest BCUT2D eigenvalue weighted by molar-refractivity contribution is 14.1. The van der Waals surface area contributed by atoms with Gasteiger partial charge in [-0.3, -0.25) is 14.2 Å². The molecule has 0 fully saturated rings. The van der Waals surface area contributed by atoms with E-state index in [1.807, 2.05) is 22.6 Å². The first kappa shape index (κ1) is 14.4. The van der Waals surface area contributed by atoms with E-state index in [2.05, 4.69) is 15.3 Å². The van der Waals surface area contributed by atoms with Crippen molar-refractivity contribution in [2.45, 2.75) is 12.3 Å². The van der Waals surface area contributed by atoms with E-state index in [0.29, 0.717) is 39.1 Å². The van der Waals surface area contributed by atoms with Crippen LogP contribution >= 0.6 is 22.6 Å². The molecule has 0 aromatic carbocycles. The molecular formula is C14H12F2IN3O. The topological polar surface area (TPSA) is 57.8 Å². The number of alkyl halides is 1. The van der Waals surface area contributed by atoms with Gasteiger partial charge in [0.2, 0.25) is 0 Å². The van der Waals surface area contributed by atoms with Crippen molar-refractivity contribution in [3.8, 4) is 11.3 Å². The number of nitrogens with zero attached hydrogens (tertiary/aromatic N) is 1. The minimum Gasteiger partial charge on any atom is -0.356 e. The van der Waals surface area contributed by atoms with Crippen LogP contribution in [-0.2, 0) is 0 Å². The molecule has 2 aromatic heterocycles. The zero-order chi connectivity index (χ0) is 15.0. The third-order valence-electron chi connectivity index (χ3n) is 3.61. The lowest BCUT2D eigenvalue weighted by Gasteiger charge is -2.22.